The molecular weight excluding hydrogens is 444 g/mol. The first kappa shape index (κ1) is 24.8. The molecule has 3 N–H and O–H groups in total. The summed E-state index contributed by atoms with van der Waals surface area (Å²) in [6.07, 6.45) is 2.60. The van der Waals surface area contributed by atoms with E-state index in [9.17, 15) is 14.4 Å². The highest BCUT2D eigenvalue weighted by Gasteiger charge is 2.43. The minimum atomic E-state index is -1.05. The summed E-state index contributed by atoms with van der Waals surface area (Å²) in [5.41, 5.74) is 3.53. The molecule has 0 bridgehead atoms. The lowest BCUT2D eigenvalue weighted by Crippen LogP contribution is -2.61. The molecule has 2 aromatic rings. The molecule has 0 heterocycles. The number of carboxylic acids is 1. The highest BCUT2D eigenvalue weighted by Crippen LogP contribution is 2.44. The Hall–Kier alpha value is -3.35. The first-order valence-corrected chi connectivity index (χ1v) is 12.4. The van der Waals surface area contributed by atoms with Crippen molar-refractivity contribution in [2.24, 2.45) is 11.8 Å². The van der Waals surface area contributed by atoms with Crippen molar-refractivity contribution in [1.29, 1.82) is 0 Å². The van der Waals surface area contributed by atoms with Gasteiger partial charge in [0.05, 0.1) is 5.92 Å². The number of carbonyl (C=O) groups excluding carboxylic acids is 2. The Labute approximate surface area is 206 Å². The molecule has 3 atom stereocenters. The molecule has 7 heteroatoms. The van der Waals surface area contributed by atoms with E-state index in [1.165, 1.54) is 0 Å². The van der Waals surface area contributed by atoms with Crippen LogP contribution in [0.3, 0.4) is 0 Å². The molecule has 2 aliphatic carbocycles. The van der Waals surface area contributed by atoms with E-state index in [1.807, 2.05) is 24.3 Å². The number of benzene rings is 2. The number of hydrogen-bond acceptors (Lipinski definition) is 4. The maximum absolute atomic E-state index is 13.2. The van der Waals surface area contributed by atoms with E-state index >= 15 is 0 Å². The second-order valence-corrected chi connectivity index (χ2v) is 10.0. The molecule has 0 aliphatic heterocycles. The number of rotatable bonds is 8. The molecule has 0 aromatic heterocycles. The third-order valence-corrected chi connectivity index (χ3v) is 7.40. The summed E-state index contributed by atoms with van der Waals surface area (Å²) in [5, 5.41) is 14.8. The quantitative estimate of drug-likeness (QED) is 0.510. The number of nitrogens with one attached hydrogen (secondary N) is 2. The first-order chi connectivity index (χ1) is 16.8. The Morgan fingerprint density at radius 3 is 2.31 bits per heavy atom. The zero-order valence-corrected chi connectivity index (χ0v) is 20.4. The van der Waals surface area contributed by atoms with Crippen LogP contribution in [0.15, 0.2) is 48.5 Å². The predicted octanol–water partition coefficient (Wildman–Crippen LogP) is 4.70. The van der Waals surface area contributed by atoms with Gasteiger partial charge in [0.1, 0.15) is 12.1 Å². The number of ether oxygens (including phenoxy) is 1. The Bertz CT molecular complexity index is 1050. The van der Waals surface area contributed by atoms with Crippen molar-refractivity contribution in [1.82, 2.24) is 10.6 Å². The molecule has 4 rings (SSSR count). The molecule has 0 spiro atoms. The fourth-order valence-electron chi connectivity index (χ4n) is 5.45. The van der Waals surface area contributed by atoms with Crippen LogP contribution in [0.1, 0.15) is 63.0 Å². The molecule has 3 unspecified atom stereocenters. The number of fused-ring (bicyclic) bond motifs is 3. The van der Waals surface area contributed by atoms with Crippen molar-refractivity contribution >= 4 is 18.0 Å². The molecule has 2 amide bonds. The Morgan fingerprint density at radius 2 is 1.71 bits per heavy atom. The van der Waals surface area contributed by atoms with Gasteiger partial charge in [-0.3, -0.25) is 9.59 Å². The van der Waals surface area contributed by atoms with Gasteiger partial charge in [-0.15, -0.1) is 0 Å². The molecule has 2 aromatic carbocycles. The van der Waals surface area contributed by atoms with Crippen LogP contribution in [0.4, 0.5) is 4.79 Å². The van der Waals surface area contributed by atoms with E-state index in [1.54, 1.807) is 6.92 Å². The number of carboxylic acid groups (broad SMARTS) is 1. The zero-order chi connectivity index (χ0) is 25.0. The standard InChI is InChI=1S/C28H34N2O5/c1-18-8-7-14-28(16-18,26(33)29-15-13-19(2)25(31)32)30-27(34)35-17-24-22-11-5-3-9-20(22)21-10-4-6-12-23(21)24/h3-6,9-12,18-19,24H,7-8,13-17H2,1-2H3,(H,29,33)(H,30,34)(H,31,32). The Kier molecular flexibility index (Phi) is 7.43. The van der Waals surface area contributed by atoms with Crippen molar-refractivity contribution in [3.05, 3.63) is 59.7 Å². The molecule has 1 fully saturated rings. The van der Waals surface area contributed by atoms with Crippen molar-refractivity contribution in [2.75, 3.05) is 13.2 Å². The fourth-order valence-corrected chi connectivity index (χ4v) is 5.45. The van der Waals surface area contributed by atoms with Gasteiger partial charge in [0, 0.05) is 12.5 Å². The SMILES string of the molecule is CC1CCCC(NC(=O)OCC2c3ccccc3-c3ccccc32)(C(=O)NCCC(C)C(=O)O)C1. The Morgan fingerprint density at radius 1 is 1.09 bits per heavy atom. The largest absolute Gasteiger partial charge is 0.481 e. The summed E-state index contributed by atoms with van der Waals surface area (Å²) in [4.78, 5) is 37.3. The monoisotopic (exact) mass is 478 g/mol. The van der Waals surface area contributed by atoms with Gasteiger partial charge in [-0.05, 0) is 47.4 Å². The van der Waals surface area contributed by atoms with Crippen LogP contribution in [0.5, 0.6) is 0 Å². The molecular formula is C28H34N2O5. The van der Waals surface area contributed by atoms with Crippen LogP contribution >= 0.6 is 0 Å². The lowest BCUT2D eigenvalue weighted by molar-refractivity contribution is -0.141. The van der Waals surface area contributed by atoms with E-state index in [0.717, 1.165) is 35.1 Å². The second kappa shape index (κ2) is 10.5. The van der Waals surface area contributed by atoms with E-state index < -0.39 is 23.5 Å². The van der Waals surface area contributed by atoms with Gasteiger partial charge in [-0.25, -0.2) is 4.79 Å². The topological polar surface area (TPSA) is 105 Å². The van der Waals surface area contributed by atoms with Gasteiger partial charge in [0.25, 0.3) is 0 Å². The highest BCUT2D eigenvalue weighted by atomic mass is 16.5. The zero-order valence-electron chi connectivity index (χ0n) is 20.4. The van der Waals surface area contributed by atoms with Gasteiger partial charge in [0.15, 0.2) is 0 Å². The summed E-state index contributed by atoms with van der Waals surface area (Å²) in [6, 6.07) is 16.3. The van der Waals surface area contributed by atoms with Crippen LogP contribution in [0.25, 0.3) is 11.1 Å². The van der Waals surface area contributed by atoms with Crippen molar-refractivity contribution in [3.8, 4) is 11.1 Å². The maximum atomic E-state index is 13.2. The van der Waals surface area contributed by atoms with Gasteiger partial charge in [-0.2, -0.15) is 0 Å². The van der Waals surface area contributed by atoms with Crippen molar-refractivity contribution in [3.63, 3.8) is 0 Å². The average Bonchev–Trinajstić information content (AvgIpc) is 3.16. The molecule has 0 saturated heterocycles. The minimum absolute atomic E-state index is 0.0549. The molecule has 1 saturated carbocycles. The highest BCUT2D eigenvalue weighted by molar-refractivity contribution is 5.90. The second-order valence-electron chi connectivity index (χ2n) is 10.0. The van der Waals surface area contributed by atoms with Gasteiger partial charge in [-0.1, -0.05) is 75.2 Å². The maximum Gasteiger partial charge on any atom is 0.408 e. The molecule has 7 nitrogen and oxygen atoms in total. The van der Waals surface area contributed by atoms with Crippen molar-refractivity contribution in [2.45, 2.75) is 57.4 Å². The number of carbonyl (C=O) groups is 3. The van der Waals surface area contributed by atoms with Gasteiger partial charge < -0.3 is 20.5 Å². The predicted molar refractivity (Wildman–Crippen MR) is 133 cm³/mol. The Balaban J connectivity index is 1.42. The summed E-state index contributed by atoms with van der Waals surface area (Å²) >= 11 is 0. The molecule has 186 valence electrons. The fraction of sp³-hybridized carbons (Fsp3) is 0.464. The van der Waals surface area contributed by atoms with Gasteiger partial charge >= 0.3 is 12.1 Å². The van der Waals surface area contributed by atoms with Gasteiger partial charge in [0.2, 0.25) is 5.91 Å². The van der Waals surface area contributed by atoms with Crippen LogP contribution in [-0.2, 0) is 14.3 Å². The average molecular weight is 479 g/mol. The lowest BCUT2D eigenvalue weighted by Gasteiger charge is -2.39. The minimum Gasteiger partial charge on any atom is -0.481 e. The normalized spacial score (nSPS) is 21.9. The van der Waals surface area contributed by atoms with Crippen LogP contribution in [0, 0.1) is 11.8 Å². The first-order valence-electron chi connectivity index (χ1n) is 12.4. The number of aliphatic carboxylic acids is 1. The third kappa shape index (κ3) is 5.34. The van der Waals surface area contributed by atoms with Crippen LogP contribution in [0.2, 0.25) is 0 Å². The molecule has 2 aliphatic rings. The third-order valence-electron chi connectivity index (χ3n) is 7.40. The summed E-state index contributed by atoms with van der Waals surface area (Å²) < 4.78 is 5.72. The van der Waals surface area contributed by atoms with Crippen molar-refractivity contribution < 1.29 is 24.2 Å². The van der Waals surface area contributed by atoms with Crippen LogP contribution in [-0.4, -0.2) is 41.8 Å². The van der Waals surface area contributed by atoms with E-state index in [2.05, 4.69) is 41.8 Å². The van der Waals surface area contributed by atoms with Crippen LogP contribution < -0.4 is 10.6 Å². The lowest BCUT2D eigenvalue weighted by atomic mass is 9.75. The molecule has 0 radical (unpaired) electrons. The van der Waals surface area contributed by atoms with E-state index in [4.69, 9.17) is 9.84 Å². The van der Waals surface area contributed by atoms with E-state index in [0.29, 0.717) is 19.3 Å². The summed E-state index contributed by atoms with van der Waals surface area (Å²) in [5.74, 6) is -1.49. The molecule has 35 heavy (non-hydrogen) atoms. The number of amides is 2. The van der Waals surface area contributed by atoms with E-state index in [-0.39, 0.29) is 30.9 Å². The summed E-state index contributed by atoms with van der Waals surface area (Å²) in [6.45, 7) is 4.12. The number of hydrogen-bond donors (Lipinski definition) is 3. The summed E-state index contributed by atoms with van der Waals surface area (Å²) in [7, 11) is 0. The smallest absolute Gasteiger partial charge is 0.408 e. The number of alkyl carbamates (subject to hydrolysis) is 1.